The minimum atomic E-state index is 0.774. The zero-order valence-corrected chi connectivity index (χ0v) is 11.3. The summed E-state index contributed by atoms with van der Waals surface area (Å²) in [6.07, 6.45) is 5.52. The summed E-state index contributed by atoms with van der Waals surface area (Å²) in [6.45, 7) is 10.2. The second-order valence-corrected chi connectivity index (χ2v) is 5.92. The molecule has 3 atom stereocenters. The molecule has 1 fully saturated rings. The van der Waals surface area contributed by atoms with Crippen LogP contribution in [0.5, 0.6) is 0 Å². The normalized spacial score (nSPS) is 28.3. The fraction of sp³-hybridized carbons (Fsp3) is 1.00. The Bertz CT molecular complexity index is 180. The van der Waals surface area contributed by atoms with Crippen LogP contribution >= 0.6 is 0 Å². The summed E-state index contributed by atoms with van der Waals surface area (Å²) in [5.41, 5.74) is 5.85. The Morgan fingerprint density at radius 1 is 1.12 bits per heavy atom. The van der Waals surface area contributed by atoms with E-state index in [1.165, 1.54) is 32.2 Å². The van der Waals surface area contributed by atoms with E-state index in [-0.39, 0.29) is 0 Å². The number of nitrogens with two attached hydrogens (primary N) is 1. The highest BCUT2D eigenvalue weighted by Crippen LogP contribution is 2.28. The van der Waals surface area contributed by atoms with Gasteiger partial charge in [0.25, 0.3) is 0 Å². The van der Waals surface area contributed by atoms with Crippen LogP contribution in [0.15, 0.2) is 0 Å². The van der Waals surface area contributed by atoms with E-state index in [1.54, 1.807) is 0 Å². The lowest BCUT2D eigenvalue weighted by Gasteiger charge is -2.31. The van der Waals surface area contributed by atoms with Gasteiger partial charge in [-0.15, -0.1) is 0 Å². The quantitative estimate of drug-likeness (QED) is 0.730. The van der Waals surface area contributed by atoms with Gasteiger partial charge >= 0.3 is 0 Å². The van der Waals surface area contributed by atoms with Gasteiger partial charge in [0, 0.05) is 0 Å². The molecule has 0 aliphatic heterocycles. The van der Waals surface area contributed by atoms with Gasteiger partial charge in [-0.1, -0.05) is 33.6 Å². The zero-order chi connectivity index (χ0) is 12.0. The lowest BCUT2D eigenvalue weighted by Crippen LogP contribution is -2.36. The molecule has 0 aromatic rings. The molecule has 3 N–H and O–H groups in total. The summed E-state index contributed by atoms with van der Waals surface area (Å²) in [5.74, 6) is 3.16. The molecule has 0 bridgehead atoms. The van der Waals surface area contributed by atoms with Crippen LogP contribution in [0.3, 0.4) is 0 Å². The molecule has 0 aromatic carbocycles. The van der Waals surface area contributed by atoms with Crippen molar-refractivity contribution in [3.63, 3.8) is 0 Å². The maximum atomic E-state index is 5.85. The van der Waals surface area contributed by atoms with Crippen LogP contribution < -0.4 is 11.1 Å². The molecular formula is C14H30N2. The van der Waals surface area contributed by atoms with E-state index < -0.39 is 0 Å². The van der Waals surface area contributed by atoms with Crippen molar-refractivity contribution in [1.82, 2.24) is 5.32 Å². The molecule has 0 amide bonds. The summed E-state index contributed by atoms with van der Waals surface area (Å²) in [5, 5.41) is 3.64. The molecule has 96 valence electrons. The van der Waals surface area contributed by atoms with Gasteiger partial charge in [-0.3, -0.25) is 0 Å². The molecule has 0 spiro atoms. The minimum absolute atomic E-state index is 0.774. The van der Waals surface area contributed by atoms with Crippen molar-refractivity contribution in [3.8, 4) is 0 Å². The van der Waals surface area contributed by atoms with Gasteiger partial charge in [0.05, 0.1) is 0 Å². The molecule has 1 rings (SSSR count). The lowest BCUT2D eigenvalue weighted by molar-refractivity contribution is 0.230. The number of rotatable bonds is 6. The molecule has 3 unspecified atom stereocenters. The third-order valence-electron chi connectivity index (χ3n) is 4.38. The number of nitrogens with one attached hydrogen (secondary N) is 1. The van der Waals surface area contributed by atoms with E-state index in [1.807, 2.05) is 0 Å². The van der Waals surface area contributed by atoms with Crippen LogP contribution in [-0.2, 0) is 0 Å². The molecule has 2 nitrogen and oxygen atoms in total. The van der Waals surface area contributed by atoms with Crippen LogP contribution in [0.2, 0.25) is 0 Å². The van der Waals surface area contributed by atoms with Crippen molar-refractivity contribution in [1.29, 1.82) is 0 Å². The topological polar surface area (TPSA) is 38.0 Å². The van der Waals surface area contributed by atoms with Crippen LogP contribution in [-0.4, -0.2) is 19.6 Å². The third-order valence-corrected chi connectivity index (χ3v) is 4.38. The first-order valence-corrected chi connectivity index (χ1v) is 7.06. The second-order valence-electron chi connectivity index (χ2n) is 5.92. The molecule has 0 heterocycles. The van der Waals surface area contributed by atoms with Gasteiger partial charge in [-0.25, -0.2) is 0 Å². The smallest absolute Gasteiger partial charge is 0.00173 e. The predicted octanol–water partition coefficient (Wildman–Crippen LogP) is 2.63. The standard InChI is InChI=1S/C14H30N2/c1-11(2)12(3)9-16-10-14-7-5-4-6-13(14)8-15/h11-14,16H,4-10,15H2,1-3H3. The van der Waals surface area contributed by atoms with Crippen molar-refractivity contribution < 1.29 is 0 Å². The van der Waals surface area contributed by atoms with Gasteiger partial charge in [0.2, 0.25) is 0 Å². The molecule has 1 saturated carbocycles. The van der Waals surface area contributed by atoms with E-state index in [2.05, 4.69) is 26.1 Å². The van der Waals surface area contributed by atoms with Gasteiger partial charge in [0.1, 0.15) is 0 Å². The minimum Gasteiger partial charge on any atom is -0.330 e. The summed E-state index contributed by atoms with van der Waals surface area (Å²) in [4.78, 5) is 0. The highest BCUT2D eigenvalue weighted by Gasteiger charge is 2.23. The molecular weight excluding hydrogens is 196 g/mol. The fourth-order valence-corrected chi connectivity index (χ4v) is 2.60. The Hall–Kier alpha value is -0.0800. The fourth-order valence-electron chi connectivity index (χ4n) is 2.60. The molecule has 16 heavy (non-hydrogen) atoms. The van der Waals surface area contributed by atoms with E-state index in [0.717, 1.165) is 36.8 Å². The third kappa shape index (κ3) is 4.42. The summed E-state index contributed by atoms with van der Waals surface area (Å²) in [7, 11) is 0. The molecule has 0 aromatic heterocycles. The van der Waals surface area contributed by atoms with Crippen molar-refractivity contribution in [2.75, 3.05) is 19.6 Å². The number of hydrogen-bond donors (Lipinski definition) is 2. The molecule has 1 aliphatic carbocycles. The van der Waals surface area contributed by atoms with Gasteiger partial charge in [-0.2, -0.15) is 0 Å². The van der Waals surface area contributed by atoms with Crippen molar-refractivity contribution in [2.45, 2.75) is 46.5 Å². The van der Waals surface area contributed by atoms with Gasteiger partial charge in [0.15, 0.2) is 0 Å². The highest BCUT2D eigenvalue weighted by atomic mass is 14.9. The maximum Gasteiger partial charge on any atom is -0.00173 e. The molecule has 2 heteroatoms. The Kier molecular flexibility index (Phi) is 6.37. The van der Waals surface area contributed by atoms with Crippen LogP contribution in [0.1, 0.15) is 46.5 Å². The Labute approximate surface area is 101 Å². The predicted molar refractivity (Wildman–Crippen MR) is 71.4 cm³/mol. The summed E-state index contributed by atoms with van der Waals surface area (Å²) in [6, 6.07) is 0. The Balaban J connectivity index is 2.20. The van der Waals surface area contributed by atoms with E-state index >= 15 is 0 Å². The first-order chi connectivity index (χ1) is 7.65. The van der Waals surface area contributed by atoms with Crippen LogP contribution in [0.25, 0.3) is 0 Å². The molecule has 0 radical (unpaired) electrons. The monoisotopic (exact) mass is 226 g/mol. The van der Waals surface area contributed by atoms with Crippen LogP contribution in [0.4, 0.5) is 0 Å². The largest absolute Gasteiger partial charge is 0.330 e. The lowest BCUT2D eigenvalue weighted by atomic mass is 9.79. The van der Waals surface area contributed by atoms with Gasteiger partial charge in [-0.05, 0) is 56.1 Å². The Morgan fingerprint density at radius 2 is 1.75 bits per heavy atom. The van der Waals surface area contributed by atoms with E-state index in [9.17, 15) is 0 Å². The average Bonchev–Trinajstić information content (AvgIpc) is 2.29. The van der Waals surface area contributed by atoms with Crippen molar-refractivity contribution >= 4 is 0 Å². The van der Waals surface area contributed by atoms with Crippen molar-refractivity contribution in [2.24, 2.45) is 29.4 Å². The molecule has 1 aliphatic rings. The van der Waals surface area contributed by atoms with E-state index in [0.29, 0.717) is 0 Å². The van der Waals surface area contributed by atoms with E-state index in [4.69, 9.17) is 5.73 Å². The van der Waals surface area contributed by atoms with Crippen LogP contribution in [0, 0.1) is 23.7 Å². The average molecular weight is 226 g/mol. The summed E-state index contributed by atoms with van der Waals surface area (Å²) >= 11 is 0. The van der Waals surface area contributed by atoms with Gasteiger partial charge < -0.3 is 11.1 Å². The van der Waals surface area contributed by atoms with Crippen molar-refractivity contribution in [3.05, 3.63) is 0 Å². The number of hydrogen-bond acceptors (Lipinski definition) is 2. The SMILES string of the molecule is CC(C)C(C)CNCC1CCCCC1CN. The first-order valence-electron chi connectivity index (χ1n) is 7.06. The summed E-state index contributed by atoms with van der Waals surface area (Å²) < 4.78 is 0. The highest BCUT2D eigenvalue weighted by molar-refractivity contribution is 4.78. The molecule has 0 saturated heterocycles. The Morgan fingerprint density at radius 3 is 2.31 bits per heavy atom. The second kappa shape index (κ2) is 7.29. The first kappa shape index (κ1) is 14.0. The maximum absolute atomic E-state index is 5.85. The zero-order valence-electron chi connectivity index (χ0n) is 11.3.